The van der Waals surface area contributed by atoms with Gasteiger partial charge in [-0.25, -0.2) is 4.98 Å². The quantitative estimate of drug-likeness (QED) is 0.338. The Bertz CT molecular complexity index is 1340. The van der Waals surface area contributed by atoms with Gasteiger partial charge in [-0.2, -0.15) is 0 Å². The van der Waals surface area contributed by atoms with E-state index in [0.717, 1.165) is 41.1 Å². The third-order valence-electron chi connectivity index (χ3n) is 6.31. The summed E-state index contributed by atoms with van der Waals surface area (Å²) in [6.07, 6.45) is 0. The van der Waals surface area contributed by atoms with Crippen LogP contribution in [0.1, 0.15) is 48.6 Å². The summed E-state index contributed by atoms with van der Waals surface area (Å²) in [6, 6.07) is 22.6. The van der Waals surface area contributed by atoms with E-state index in [-0.39, 0.29) is 18.4 Å². The van der Waals surface area contributed by atoms with Crippen molar-refractivity contribution in [3.63, 3.8) is 0 Å². The molecule has 3 aromatic carbocycles. The second kappa shape index (κ2) is 11.1. The maximum absolute atomic E-state index is 13.0. The minimum atomic E-state index is -0.396. The summed E-state index contributed by atoms with van der Waals surface area (Å²) in [5.74, 6) is 0.287. The van der Waals surface area contributed by atoms with E-state index in [1.54, 1.807) is 12.1 Å². The highest BCUT2D eigenvalue weighted by Crippen LogP contribution is 2.22. The summed E-state index contributed by atoms with van der Waals surface area (Å²) >= 11 is 0. The summed E-state index contributed by atoms with van der Waals surface area (Å²) in [5, 5.41) is 6.02. The van der Waals surface area contributed by atoms with Crippen LogP contribution >= 0.6 is 0 Å². The molecule has 2 N–H and O–H groups in total. The number of carbonyl (C=O) groups is 2. The third kappa shape index (κ3) is 5.57. The number of para-hydroxylation sites is 2. The predicted molar refractivity (Wildman–Crippen MR) is 145 cm³/mol. The molecule has 7 nitrogen and oxygen atoms in total. The van der Waals surface area contributed by atoms with Crippen LogP contribution in [0.2, 0.25) is 0 Å². The van der Waals surface area contributed by atoms with E-state index in [1.807, 2.05) is 79.1 Å². The van der Waals surface area contributed by atoms with Gasteiger partial charge in [0.25, 0.3) is 5.91 Å². The number of aryl methyl sites for hydroxylation is 1. The van der Waals surface area contributed by atoms with Gasteiger partial charge in [0.05, 0.1) is 17.1 Å². The van der Waals surface area contributed by atoms with Gasteiger partial charge in [-0.3, -0.25) is 9.59 Å². The fourth-order valence-corrected chi connectivity index (χ4v) is 4.33. The number of nitrogens with one attached hydrogen (secondary N) is 2. The predicted octanol–water partition coefficient (Wildman–Crippen LogP) is 5.32. The zero-order valence-corrected chi connectivity index (χ0v) is 21.3. The van der Waals surface area contributed by atoms with Crippen molar-refractivity contribution in [2.24, 2.45) is 0 Å². The molecule has 4 aromatic rings. The van der Waals surface area contributed by atoms with Crippen molar-refractivity contribution in [1.82, 2.24) is 14.9 Å². The molecule has 0 saturated carbocycles. The van der Waals surface area contributed by atoms with E-state index in [4.69, 9.17) is 4.98 Å². The van der Waals surface area contributed by atoms with Crippen LogP contribution in [-0.4, -0.2) is 34.5 Å². The minimum Gasteiger partial charge on any atom is -0.372 e. The van der Waals surface area contributed by atoms with Crippen LogP contribution in [0.4, 0.5) is 11.4 Å². The standard InChI is InChI=1S/C29H33N5O2/c1-5-33(6-2)24-17-15-23(16-18-24)31-27(35)19-34-26-10-8-7-9-25(26)32-28(34)21(4)30-29(36)22-13-11-20(3)12-14-22/h7-18,21H,5-6,19H2,1-4H3,(H,30,36)(H,31,35)/t21-/m1/s1. The van der Waals surface area contributed by atoms with E-state index < -0.39 is 6.04 Å². The lowest BCUT2D eigenvalue weighted by Gasteiger charge is -2.21. The Morgan fingerprint density at radius 3 is 2.28 bits per heavy atom. The first-order valence-electron chi connectivity index (χ1n) is 12.4. The molecule has 186 valence electrons. The summed E-state index contributed by atoms with van der Waals surface area (Å²) < 4.78 is 1.87. The number of carbonyl (C=O) groups excluding carboxylic acids is 2. The van der Waals surface area contributed by atoms with Crippen molar-refractivity contribution >= 4 is 34.2 Å². The largest absolute Gasteiger partial charge is 0.372 e. The zero-order valence-electron chi connectivity index (χ0n) is 21.3. The Kier molecular flexibility index (Phi) is 7.68. The summed E-state index contributed by atoms with van der Waals surface area (Å²) in [6.45, 7) is 10.0. The van der Waals surface area contributed by atoms with E-state index in [9.17, 15) is 9.59 Å². The lowest BCUT2D eigenvalue weighted by Crippen LogP contribution is -2.30. The first-order chi connectivity index (χ1) is 17.4. The van der Waals surface area contributed by atoms with Gasteiger partial charge >= 0.3 is 0 Å². The molecule has 0 radical (unpaired) electrons. The fraction of sp³-hybridized carbons (Fsp3) is 0.276. The number of amides is 2. The van der Waals surface area contributed by atoms with Crippen molar-refractivity contribution in [2.75, 3.05) is 23.3 Å². The Morgan fingerprint density at radius 2 is 1.61 bits per heavy atom. The molecule has 0 fully saturated rings. The van der Waals surface area contributed by atoms with Gasteiger partial charge in [-0.05, 0) is 76.2 Å². The Balaban J connectivity index is 1.52. The Hall–Kier alpha value is -4.13. The smallest absolute Gasteiger partial charge is 0.251 e. The molecule has 4 rings (SSSR count). The molecule has 36 heavy (non-hydrogen) atoms. The van der Waals surface area contributed by atoms with Crippen molar-refractivity contribution in [3.05, 3.63) is 89.7 Å². The van der Waals surface area contributed by atoms with Crippen LogP contribution in [0.5, 0.6) is 0 Å². The van der Waals surface area contributed by atoms with Gasteiger partial charge in [-0.15, -0.1) is 0 Å². The maximum Gasteiger partial charge on any atom is 0.251 e. The molecule has 2 amide bonds. The fourth-order valence-electron chi connectivity index (χ4n) is 4.33. The number of nitrogens with zero attached hydrogens (tertiary/aromatic N) is 3. The zero-order chi connectivity index (χ0) is 25.7. The highest BCUT2D eigenvalue weighted by molar-refractivity contribution is 5.94. The van der Waals surface area contributed by atoms with E-state index >= 15 is 0 Å². The minimum absolute atomic E-state index is 0.0817. The number of hydrogen-bond acceptors (Lipinski definition) is 4. The number of fused-ring (bicyclic) bond motifs is 1. The van der Waals surface area contributed by atoms with Crippen molar-refractivity contribution in [1.29, 1.82) is 0 Å². The monoisotopic (exact) mass is 483 g/mol. The van der Waals surface area contributed by atoms with Crippen molar-refractivity contribution < 1.29 is 9.59 Å². The Morgan fingerprint density at radius 1 is 0.944 bits per heavy atom. The van der Waals surface area contributed by atoms with Gasteiger partial charge in [0.1, 0.15) is 12.4 Å². The summed E-state index contributed by atoms with van der Waals surface area (Å²) in [4.78, 5) is 32.9. The molecule has 0 aliphatic heterocycles. The van der Waals surface area contributed by atoms with Crippen LogP contribution in [0.25, 0.3) is 11.0 Å². The van der Waals surface area contributed by atoms with Crippen molar-refractivity contribution in [3.8, 4) is 0 Å². The second-order valence-corrected chi connectivity index (χ2v) is 8.87. The molecule has 1 atom stereocenters. The summed E-state index contributed by atoms with van der Waals surface area (Å²) in [7, 11) is 0. The number of aromatic nitrogens is 2. The van der Waals surface area contributed by atoms with Crippen LogP contribution in [0.3, 0.4) is 0 Å². The third-order valence-corrected chi connectivity index (χ3v) is 6.31. The highest BCUT2D eigenvalue weighted by Gasteiger charge is 2.20. The molecule has 0 spiro atoms. The van der Waals surface area contributed by atoms with E-state index in [0.29, 0.717) is 11.4 Å². The molecule has 0 saturated heterocycles. The average Bonchev–Trinajstić information content (AvgIpc) is 3.24. The first kappa shape index (κ1) is 25.0. The molecule has 1 heterocycles. The first-order valence-corrected chi connectivity index (χ1v) is 12.4. The molecular formula is C29H33N5O2. The SMILES string of the molecule is CCN(CC)c1ccc(NC(=O)Cn2c([C@@H](C)NC(=O)c3ccc(C)cc3)nc3ccccc32)cc1. The van der Waals surface area contributed by atoms with Gasteiger partial charge in [0.2, 0.25) is 5.91 Å². The number of anilines is 2. The molecule has 0 bridgehead atoms. The molecule has 1 aromatic heterocycles. The Labute approximate surface area is 212 Å². The maximum atomic E-state index is 13.0. The van der Waals surface area contributed by atoms with E-state index in [1.165, 1.54) is 0 Å². The highest BCUT2D eigenvalue weighted by atomic mass is 16.2. The molecule has 0 aliphatic carbocycles. The van der Waals surface area contributed by atoms with Crippen molar-refractivity contribution in [2.45, 2.75) is 40.3 Å². The number of benzene rings is 3. The van der Waals surface area contributed by atoms with E-state index in [2.05, 4.69) is 29.4 Å². The van der Waals surface area contributed by atoms with Crippen LogP contribution in [-0.2, 0) is 11.3 Å². The molecule has 0 unspecified atom stereocenters. The normalized spacial score (nSPS) is 11.8. The van der Waals surface area contributed by atoms with Crippen LogP contribution in [0, 0.1) is 6.92 Å². The van der Waals surface area contributed by atoms with Gasteiger partial charge in [0.15, 0.2) is 0 Å². The number of rotatable bonds is 9. The van der Waals surface area contributed by atoms with Gasteiger partial charge in [0, 0.05) is 30.0 Å². The number of imidazole rings is 1. The molecule has 7 heteroatoms. The lowest BCUT2D eigenvalue weighted by molar-refractivity contribution is -0.116. The van der Waals surface area contributed by atoms with Crippen LogP contribution < -0.4 is 15.5 Å². The molecule has 0 aliphatic rings. The average molecular weight is 484 g/mol. The van der Waals surface area contributed by atoms with Gasteiger partial charge in [-0.1, -0.05) is 29.8 Å². The van der Waals surface area contributed by atoms with Gasteiger partial charge < -0.3 is 20.1 Å². The lowest BCUT2D eigenvalue weighted by atomic mass is 10.1. The topological polar surface area (TPSA) is 79.3 Å². The van der Waals surface area contributed by atoms with Crippen LogP contribution in [0.15, 0.2) is 72.8 Å². The second-order valence-electron chi connectivity index (χ2n) is 8.87. The summed E-state index contributed by atoms with van der Waals surface area (Å²) in [5.41, 5.74) is 5.16. The number of hydrogen-bond donors (Lipinski definition) is 2. The molecular weight excluding hydrogens is 450 g/mol.